The Kier molecular flexibility index (Phi) is 2.13. The summed E-state index contributed by atoms with van der Waals surface area (Å²) in [5, 5.41) is 13.6. The van der Waals surface area contributed by atoms with Crippen molar-refractivity contribution in [3.63, 3.8) is 0 Å². The van der Waals surface area contributed by atoms with E-state index in [9.17, 15) is 5.11 Å². The van der Waals surface area contributed by atoms with Gasteiger partial charge < -0.3 is 10.4 Å². The zero-order chi connectivity index (χ0) is 8.60. The lowest BCUT2D eigenvalue weighted by molar-refractivity contribution is -0.0331. The Morgan fingerprint density at radius 1 is 1.08 bits per heavy atom. The minimum atomic E-state index is -0.359. The molecule has 0 amide bonds. The summed E-state index contributed by atoms with van der Waals surface area (Å²) in [6, 6.07) is 0. The van der Waals surface area contributed by atoms with Crippen molar-refractivity contribution in [3.8, 4) is 0 Å². The lowest BCUT2D eigenvalue weighted by atomic mass is 9.79. The van der Waals surface area contributed by atoms with Crippen molar-refractivity contribution < 1.29 is 5.11 Å². The van der Waals surface area contributed by atoms with Gasteiger partial charge >= 0.3 is 0 Å². The van der Waals surface area contributed by atoms with Gasteiger partial charge in [-0.2, -0.15) is 0 Å². The third-order valence-electron chi connectivity index (χ3n) is 3.57. The highest BCUT2D eigenvalue weighted by molar-refractivity contribution is 4.97. The maximum Gasteiger partial charge on any atom is 0.0676 e. The van der Waals surface area contributed by atoms with Crippen LogP contribution >= 0.6 is 0 Å². The monoisotopic (exact) mass is 169 g/mol. The van der Waals surface area contributed by atoms with Gasteiger partial charge in [-0.1, -0.05) is 0 Å². The topological polar surface area (TPSA) is 32.3 Å². The molecule has 2 aliphatic rings. The number of rotatable bonds is 2. The van der Waals surface area contributed by atoms with Gasteiger partial charge in [0, 0.05) is 0 Å². The Morgan fingerprint density at radius 2 is 1.58 bits per heavy atom. The second-order valence-electron chi connectivity index (χ2n) is 4.52. The average Bonchev–Trinajstić information content (AvgIpc) is 2.88. The molecule has 1 atom stereocenters. The zero-order valence-corrected chi connectivity index (χ0v) is 7.84. The normalized spacial score (nSPS) is 31.5. The number of piperidine rings is 1. The summed E-state index contributed by atoms with van der Waals surface area (Å²) in [5.41, 5.74) is -0.359. The summed E-state index contributed by atoms with van der Waals surface area (Å²) in [6.45, 7) is 4.22. The molecule has 0 aromatic carbocycles. The van der Waals surface area contributed by atoms with Gasteiger partial charge in [-0.05, 0) is 57.5 Å². The zero-order valence-electron chi connectivity index (χ0n) is 7.84. The van der Waals surface area contributed by atoms with E-state index < -0.39 is 0 Å². The van der Waals surface area contributed by atoms with Gasteiger partial charge in [0.2, 0.25) is 0 Å². The maximum atomic E-state index is 10.3. The summed E-state index contributed by atoms with van der Waals surface area (Å²) in [5.74, 6) is 1.16. The van der Waals surface area contributed by atoms with E-state index in [0.29, 0.717) is 11.8 Å². The van der Waals surface area contributed by atoms with E-state index in [2.05, 4.69) is 5.32 Å². The first-order valence-corrected chi connectivity index (χ1v) is 5.14. The van der Waals surface area contributed by atoms with Crippen LogP contribution in [0.2, 0.25) is 0 Å². The molecule has 0 aromatic rings. The summed E-state index contributed by atoms with van der Waals surface area (Å²) in [6.07, 6.45) is 4.81. The molecular formula is C10H19NO. The van der Waals surface area contributed by atoms with Crippen LogP contribution in [0.15, 0.2) is 0 Å². The minimum Gasteiger partial charge on any atom is -0.390 e. The van der Waals surface area contributed by atoms with Crippen molar-refractivity contribution in [2.45, 2.75) is 38.2 Å². The molecule has 2 heteroatoms. The third kappa shape index (κ3) is 1.50. The third-order valence-corrected chi connectivity index (χ3v) is 3.57. The molecule has 1 saturated carbocycles. The molecular weight excluding hydrogens is 150 g/mol. The van der Waals surface area contributed by atoms with Gasteiger partial charge in [0.15, 0.2) is 0 Å². The Hall–Kier alpha value is -0.0800. The molecule has 1 saturated heterocycles. The quantitative estimate of drug-likeness (QED) is 0.650. The molecule has 0 spiro atoms. The highest BCUT2D eigenvalue weighted by atomic mass is 16.3. The average molecular weight is 169 g/mol. The fraction of sp³-hybridized carbons (Fsp3) is 1.00. The van der Waals surface area contributed by atoms with Crippen LogP contribution in [0.5, 0.6) is 0 Å². The summed E-state index contributed by atoms with van der Waals surface area (Å²) in [7, 11) is 0. The van der Waals surface area contributed by atoms with E-state index >= 15 is 0 Å². The molecule has 2 nitrogen and oxygen atoms in total. The minimum absolute atomic E-state index is 0.359. The fourth-order valence-electron chi connectivity index (χ4n) is 2.41. The fourth-order valence-corrected chi connectivity index (χ4v) is 2.41. The SMILES string of the molecule is C[C@](O)(C1CCNCC1)C1CC1. The van der Waals surface area contributed by atoms with Crippen molar-refractivity contribution in [2.24, 2.45) is 11.8 Å². The van der Waals surface area contributed by atoms with Crippen LogP contribution in [0.1, 0.15) is 32.6 Å². The number of aliphatic hydroxyl groups is 1. The number of hydrogen-bond acceptors (Lipinski definition) is 2. The summed E-state index contributed by atoms with van der Waals surface area (Å²) < 4.78 is 0. The van der Waals surface area contributed by atoms with Gasteiger partial charge in [-0.3, -0.25) is 0 Å². The van der Waals surface area contributed by atoms with E-state index in [1.807, 2.05) is 6.92 Å². The summed E-state index contributed by atoms with van der Waals surface area (Å²) >= 11 is 0. The van der Waals surface area contributed by atoms with Crippen LogP contribution in [-0.4, -0.2) is 23.8 Å². The van der Waals surface area contributed by atoms with Gasteiger partial charge in [0.1, 0.15) is 0 Å². The van der Waals surface area contributed by atoms with E-state index in [4.69, 9.17) is 0 Å². The Labute approximate surface area is 74.4 Å². The Morgan fingerprint density at radius 3 is 2.08 bits per heavy atom. The predicted octanol–water partition coefficient (Wildman–Crippen LogP) is 1.15. The van der Waals surface area contributed by atoms with Gasteiger partial charge in [-0.15, -0.1) is 0 Å². The van der Waals surface area contributed by atoms with Crippen LogP contribution in [0, 0.1) is 11.8 Å². The molecule has 0 aromatic heterocycles. The first kappa shape index (κ1) is 8.52. The molecule has 12 heavy (non-hydrogen) atoms. The first-order valence-electron chi connectivity index (χ1n) is 5.14. The molecule has 2 N–H and O–H groups in total. The predicted molar refractivity (Wildman–Crippen MR) is 48.9 cm³/mol. The number of hydrogen-bond donors (Lipinski definition) is 2. The van der Waals surface area contributed by atoms with Crippen LogP contribution in [0.4, 0.5) is 0 Å². The molecule has 1 aliphatic heterocycles. The van der Waals surface area contributed by atoms with Crippen LogP contribution in [0.3, 0.4) is 0 Å². The smallest absolute Gasteiger partial charge is 0.0676 e. The highest BCUT2D eigenvalue weighted by Gasteiger charge is 2.45. The van der Waals surface area contributed by atoms with Gasteiger partial charge in [-0.25, -0.2) is 0 Å². The molecule has 0 unspecified atom stereocenters. The lowest BCUT2D eigenvalue weighted by Crippen LogP contribution is -2.43. The number of nitrogens with one attached hydrogen (secondary N) is 1. The second-order valence-corrected chi connectivity index (χ2v) is 4.52. The molecule has 2 fully saturated rings. The Bertz CT molecular complexity index is 157. The maximum absolute atomic E-state index is 10.3. The molecule has 1 heterocycles. The largest absolute Gasteiger partial charge is 0.390 e. The summed E-state index contributed by atoms with van der Waals surface area (Å²) in [4.78, 5) is 0. The molecule has 70 valence electrons. The van der Waals surface area contributed by atoms with Crippen LogP contribution in [-0.2, 0) is 0 Å². The molecule has 0 bridgehead atoms. The lowest BCUT2D eigenvalue weighted by Gasteiger charge is -2.36. The van der Waals surface area contributed by atoms with Gasteiger partial charge in [0.25, 0.3) is 0 Å². The van der Waals surface area contributed by atoms with E-state index in [1.54, 1.807) is 0 Å². The van der Waals surface area contributed by atoms with Crippen molar-refractivity contribution in [1.82, 2.24) is 5.32 Å². The van der Waals surface area contributed by atoms with Crippen LogP contribution < -0.4 is 5.32 Å². The van der Waals surface area contributed by atoms with Crippen molar-refractivity contribution in [3.05, 3.63) is 0 Å². The van der Waals surface area contributed by atoms with Crippen molar-refractivity contribution >= 4 is 0 Å². The van der Waals surface area contributed by atoms with E-state index in [-0.39, 0.29) is 5.60 Å². The molecule has 2 rings (SSSR count). The van der Waals surface area contributed by atoms with Gasteiger partial charge in [0.05, 0.1) is 5.60 Å². The first-order chi connectivity index (χ1) is 5.71. The second kappa shape index (κ2) is 3.00. The van der Waals surface area contributed by atoms with Crippen molar-refractivity contribution in [2.75, 3.05) is 13.1 Å². The Balaban J connectivity index is 1.95. The molecule has 1 aliphatic carbocycles. The van der Waals surface area contributed by atoms with E-state index in [0.717, 1.165) is 25.9 Å². The van der Waals surface area contributed by atoms with E-state index in [1.165, 1.54) is 12.8 Å². The highest BCUT2D eigenvalue weighted by Crippen LogP contribution is 2.45. The molecule has 0 radical (unpaired) electrons. The van der Waals surface area contributed by atoms with Crippen LogP contribution in [0.25, 0.3) is 0 Å². The standard InChI is InChI=1S/C10H19NO/c1-10(12,8-2-3-8)9-4-6-11-7-5-9/h8-9,11-12H,2-7H2,1H3/t10-/m1/s1. The van der Waals surface area contributed by atoms with Crippen molar-refractivity contribution in [1.29, 1.82) is 0 Å².